The summed E-state index contributed by atoms with van der Waals surface area (Å²) in [5, 5.41) is 16.2. The maximum Gasteiger partial charge on any atom is 0.387 e. The van der Waals surface area contributed by atoms with Crippen LogP contribution < -0.4 is 15.4 Å². The minimum atomic E-state index is -2.89. The molecule has 2 atom stereocenters. The van der Waals surface area contributed by atoms with Gasteiger partial charge in [0, 0.05) is 74.4 Å². The van der Waals surface area contributed by atoms with Crippen molar-refractivity contribution < 1.29 is 28.2 Å². The summed E-state index contributed by atoms with van der Waals surface area (Å²) in [7, 11) is 0. The quantitative estimate of drug-likeness (QED) is 0.279. The van der Waals surface area contributed by atoms with E-state index in [4.69, 9.17) is 0 Å². The van der Waals surface area contributed by atoms with Crippen molar-refractivity contribution in [2.45, 2.75) is 38.5 Å². The molecule has 230 valence electrons. The van der Waals surface area contributed by atoms with Crippen molar-refractivity contribution in [3.8, 4) is 17.0 Å². The van der Waals surface area contributed by atoms with Gasteiger partial charge in [0.2, 0.25) is 5.91 Å². The van der Waals surface area contributed by atoms with Gasteiger partial charge >= 0.3 is 6.61 Å². The van der Waals surface area contributed by atoms with E-state index in [1.165, 1.54) is 12.1 Å². The standard InChI is InChI=1S/C31H33F2N7O4/c1-19-14-21(4-7-25(19)30(43)39-12-10-38(11-13-39)27(42)16-22-15-23(41)17-35-22)37-28-29-36-18-26(40(29)9-8-34-28)20-2-5-24(6-3-20)44-31(32)33/h2-9,14,18,22-23,31,35,41H,10-13,15-17H2,1H3,(H,34,37)/t22?,23-/m1/s1. The topological polar surface area (TPSA) is 124 Å². The first-order chi connectivity index (χ1) is 21.2. The molecule has 0 radical (unpaired) electrons. The highest BCUT2D eigenvalue weighted by Gasteiger charge is 2.29. The number of hydrogen-bond acceptors (Lipinski definition) is 8. The highest BCUT2D eigenvalue weighted by Crippen LogP contribution is 2.28. The fraction of sp³-hybridized carbons (Fsp3) is 0.355. The third-order valence-corrected chi connectivity index (χ3v) is 8.06. The van der Waals surface area contributed by atoms with E-state index in [0.29, 0.717) is 62.6 Å². The Balaban J connectivity index is 1.09. The van der Waals surface area contributed by atoms with Crippen LogP contribution in [0.15, 0.2) is 61.1 Å². The molecule has 2 aliphatic heterocycles. The Morgan fingerprint density at radius 2 is 1.84 bits per heavy atom. The van der Waals surface area contributed by atoms with Crippen LogP contribution in [0.5, 0.6) is 5.75 Å². The number of imidazole rings is 1. The van der Waals surface area contributed by atoms with Crippen molar-refractivity contribution >= 4 is 29.0 Å². The predicted octanol–water partition coefficient (Wildman–Crippen LogP) is 3.45. The molecule has 2 aromatic carbocycles. The van der Waals surface area contributed by atoms with Gasteiger partial charge in [-0.25, -0.2) is 9.97 Å². The molecule has 0 saturated carbocycles. The number of aromatic nitrogens is 3. The monoisotopic (exact) mass is 605 g/mol. The summed E-state index contributed by atoms with van der Waals surface area (Å²) in [6, 6.07) is 11.8. The fourth-order valence-electron chi connectivity index (χ4n) is 5.77. The van der Waals surface area contributed by atoms with Crippen molar-refractivity contribution in [2.24, 2.45) is 0 Å². The summed E-state index contributed by atoms with van der Waals surface area (Å²) in [5.41, 5.74) is 4.21. The Kier molecular flexibility index (Phi) is 8.40. The van der Waals surface area contributed by atoms with Crippen molar-refractivity contribution in [3.63, 3.8) is 0 Å². The Morgan fingerprint density at radius 1 is 1.09 bits per heavy atom. The molecule has 44 heavy (non-hydrogen) atoms. The van der Waals surface area contributed by atoms with Gasteiger partial charge in [0.05, 0.1) is 18.0 Å². The lowest BCUT2D eigenvalue weighted by atomic mass is 10.1. The number of anilines is 2. The highest BCUT2D eigenvalue weighted by molar-refractivity contribution is 5.96. The molecule has 2 aromatic heterocycles. The van der Waals surface area contributed by atoms with Crippen LogP contribution in [0.25, 0.3) is 16.9 Å². The molecule has 6 rings (SSSR count). The van der Waals surface area contributed by atoms with Gasteiger partial charge in [-0.3, -0.25) is 14.0 Å². The van der Waals surface area contributed by atoms with Crippen LogP contribution >= 0.6 is 0 Å². The molecule has 11 nitrogen and oxygen atoms in total. The molecule has 2 amide bonds. The van der Waals surface area contributed by atoms with Gasteiger partial charge in [-0.05, 0) is 61.4 Å². The predicted molar refractivity (Wildman–Crippen MR) is 159 cm³/mol. The molecular weight excluding hydrogens is 572 g/mol. The number of nitrogens with one attached hydrogen (secondary N) is 2. The number of alkyl halides is 2. The first-order valence-electron chi connectivity index (χ1n) is 14.5. The average Bonchev–Trinajstić information content (AvgIpc) is 3.63. The maximum absolute atomic E-state index is 13.4. The molecule has 3 N–H and O–H groups in total. The third-order valence-electron chi connectivity index (χ3n) is 8.06. The van der Waals surface area contributed by atoms with Crippen LogP contribution in [0.2, 0.25) is 0 Å². The largest absolute Gasteiger partial charge is 0.435 e. The summed E-state index contributed by atoms with van der Waals surface area (Å²) >= 11 is 0. The lowest BCUT2D eigenvalue weighted by molar-refractivity contribution is -0.133. The zero-order valence-corrected chi connectivity index (χ0v) is 24.1. The third kappa shape index (κ3) is 6.33. The number of amides is 2. The fourth-order valence-corrected chi connectivity index (χ4v) is 5.77. The zero-order chi connectivity index (χ0) is 30.8. The summed E-state index contributed by atoms with van der Waals surface area (Å²) in [6.07, 6.45) is 5.63. The van der Waals surface area contributed by atoms with Crippen LogP contribution in [-0.4, -0.2) is 92.6 Å². The molecule has 4 aromatic rings. The molecule has 13 heteroatoms. The Hall–Kier alpha value is -4.62. The van der Waals surface area contributed by atoms with Crippen LogP contribution in [-0.2, 0) is 4.79 Å². The molecule has 2 saturated heterocycles. The maximum atomic E-state index is 13.4. The number of nitrogens with zero attached hydrogens (tertiary/aromatic N) is 5. The first-order valence-corrected chi connectivity index (χ1v) is 14.5. The van der Waals surface area contributed by atoms with E-state index >= 15 is 0 Å². The SMILES string of the molecule is Cc1cc(Nc2nccn3c(-c4ccc(OC(F)F)cc4)cnc23)ccc1C(=O)N1CCN(C(=O)CC2C[C@@H](O)CN2)CC1. The Bertz CT molecular complexity index is 1650. The second-order valence-electron chi connectivity index (χ2n) is 11.0. The van der Waals surface area contributed by atoms with E-state index in [0.717, 1.165) is 22.5 Å². The average molecular weight is 606 g/mol. The second-order valence-corrected chi connectivity index (χ2v) is 11.0. The normalized spacial score (nSPS) is 18.7. The van der Waals surface area contributed by atoms with Gasteiger partial charge in [0.15, 0.2) is 11.5 Å². The lowest BCUT2D eigenvalue weighted by Gasteiger charge is -2.35. The first kappa shape index (κ1) is 29.5. The van der Waals surface area contributed by atoms with Gasteiger partial charge in [-0.15, -0.1) is 0 Å². The Morgan fingerprint density at radius 3 is 2.52 bits per heavy atom. The smallest absolute Gasteiger partial charge is 0.387 e. The number of piperazine rings is 1. The van der Waals surface area contributed by atoms with Crippen LogP contribution in [0.4, 0.5) is 20.3 Å². The zero-order valence-electron chi connectivity index (χ0n) is 24.1. The Labute approximate surface area is 252 Å². The summed E-state index contributed by atoms with van der Waals surface area (Å²) in [4.78, 5) is 38.6. The van der Waals surface area contributed by atoms with Gasteiger partial charge in [0.25, 0.3) is 5.91 Å². The van der Waals surface area contributed by atoms with E-state index in [1.807, 2.05) is 23.5 Å². The van der Waals surface area contributed by atoms with E-state index in [9.17, 15) is 23.5 Å². The molecule has 4 heterocycles. The molecule has 2 aliphatic rings. The number of aryl methyl sites for hydroxylation is 1. The van der Waals surface area contributed by atoms with Gasteiger partial charge in [-0.2, -0.15) is 8.78 Å². The number of fused-ring (bicyclic) bond motifs is 1. The van der Waals surface area contributed by atoms with Gasteiger partial charge < -0.3 is 30.3 Å². The van der Waals surface area contributed by atoms with Crippen molar-refractivity contribution in [2.75, 3.05) is 38.0 Å². The van der Waals surface area contributed by atoms with E-state index < -0.39 is 12.7 Å². The number of carbonyl (C=O) groups excluding carboxylic acids is 2. The molecule has 0 spiro atoms. The number of aliphatic hydroxyl groups is 1. The molecule has 2 fully saturated rings. The summed E-state index contributed by atoms with van der Waals surface area (Å²) in [6.45, 7) is 1.39. The van der Waals surface area contributed by atoms with Crippen LogP contribution in [0.3, 0.4) is 0 Å². The molecule has 0 aliphatic carbocycles. The lowest BCUT2D eigenvalue weighted by Crippen LogP contribution is -2.51. The van der Waals surface area contributed by atoms with Gasteiger partial charge in [-0.1, -0.05) is 0 Å². The van der Waals surface area contributed by atoms with Crippen molar-refractivity contribution in [3.05, 3.63) is 72.2 Å². The van der Waals surface area contributed by atoms with Crippen molar-refractivity contribution in [1.29, 1.82) is 0 Å². The van der Waals surface area contributed by atoms with Crippen LogP contribution in [0, 0.1) is 6.92 Å². The summed E-state index contributed by atoms with van der Waals surface area (Å²) < 4.78 is 31.3. The number of β-amino-alcohol motifs (C(OH)–C–C–N with tert-alkyl or cyclic N) is 1. The van der Waals surface area contributed by atoms with E-state index in [2.05, 4.69) is 25.3 Å². The number of halogens is 2. The number of benzene rings is 2. The van der Waals surface area contributed by atoms with E-state index in [-0.39, 0.29) is 23.6 Å². The van der Waals surface area contributed by atoms with E-state index in [1.54, 1.807) is 46.6 Å². The molecule has 0 bridgehead atoms. The molecular formula is C31H33F2N7O4. The highest BCUT2D eigenvalue weighted by atomic mass is 19.3. The minimum Gasteiger partial charge on any atom is -0.435 e. The number of rotatable bonds is 8. The van der Waals surface area contributed by atoms with Gasteiger partial charge in [0.1, 0.15) is 5.75 Å². The van der Waals surface area contributed by atoms with Crippen LogP contribution in [0.1, 0.15) is 28.8 Å². The number of aliphatic hydroxyl groups excluding tert-OH is 1. The van der Waals surface area contributed by atoms with Crippen molar-refractivity contribution in [1.82, 2.24) is 29.5 Å². The molecule has 1 unspecified atom stereocenters. The number of carbonyl (C=O) groups is 2. The summed E-state index contributed by atoms with van der Waals surface area (Å²) in [5.74, 6) is 0.550. The minimum absolute atomic E-state index is 0.000461. The number of hydrogen-bond donors (Lipinski definition) is 3. The second kappa shape index (κ2) is 12.5. The number of ether oxygens (including phenoxy) is 1.